The Kier molecular flexibility index (Phi) is 4.19. The first kappa shape index (κ1) is 17.3. The second kappa shape index (κ2) is 6.55. The first-order chi connectivity index (χ1) is 13.0. The van der Waals surface area contributed by atoms with Gasteiger partial charge in [0.1, 0.15) is 0 Å². The second-order valence-corrected chi connectivity index (χ2v) is 7.54. The fourth-order valence-corrected chi connectivity index (χ4v) is 3.92. The molecule has 0 saturated carbocycles. The summed E-state index contributed by atoms with van der Waals surface area (Å²) in [4.78, 5) is 15.1. The van der Waals surface area contributed by atoms with Gasteiger partial charge in [0, 0.05) is 35.5 Å². The van der Waals surface area contributed by atoms with Crippen molar-refractivity contribution in [3.05, 3.63) is 102 Å². The quantitative estimate of drug-likeness (QED) is 0.435. The summed E-state index contributed by atoms with van der Waals surface area (Å²) in [5, 5.41) is 0. The predicted molar refractivity (Wildman–Crippen MR) is 112 cm³/mol. The maximum atomic E-state index is 12.9. The zero-order chi connectivity index (χ0) is 19.0. The molecule has 0 radical (unpaired) electrons. The van der Waals surface area contributed by atoms with Crippen molar-refractivity contribution in [2.75, 3.05) is 11.9 Å². The van der Waals surface area contributed by atoms with Crippen molar-refractivity contribution < 1.29 is 4.79 Å². The van der Waals surface area contributed by atoms with Gasteiger partial charge in [0.05, 0.1) is 0 Å². The number of anilines is 1. The van der Waals surface area contributed by atoms with Crippen LogP contribution >= 0.6 is 0 Å². The highest BCUT2D eigenvalue weighted by Crippen LogP contribution is 2.46. The zero-order valence-corrected chi connectivity index (χ0v) is 15.9. The van der Waals surface area contributed by atoms with Gasteiger partial charge in [0.2, 0.25) is 0 Å². The van der Waals surface area contributed by atoms with Crippen LogP contribution in [0.5, 0.6) is 0 Å². The van der Waals surface area contributed by atoms with E-state index in [1.54, 1.807) is 6.08 Å². The number of carbonyl (C=O) groups excluding carboxylic acids is 1. The SMILES string of the molecule is CN1C(=CC(=O)c2ccc(-c3ccccc3)cc2)C(C)(C)c2ccccc21. The molecule has 0 aliphatic carbocycles. The van der Waals surface area contributed by atoms with Gasteiger partial charge < -0.3 is 4.90 Å². The molecule has 0 atom stereocenters. The number of hydrogen-bond donors (Lipinski definition) is 0. The van der Waals surface area contributed by atoms with Crippen molar-refractivity contribution in [2.24, 2.45) is 0 Å². The van der Waals surface area contributed by atoms with E-state index >= 15 is 0 Å². The van der Waals surface area contributed by atoms with Gasteiger partial charge in [-0.05, 0) is 22.8 Å². The number of likely N-dealkylation sites (N-methyl/N-ethyl adjacent to an activating group) is 1. The van der Waals surface area contributed by atoms with Crippen LogP contribution in [0, 0.1) is 0 Å². The van der Waals surface area contributed by atoms with Crippen LogP contribution in [0.2, 0.25) is 0 Å². The number of ketones is 1. The van der Waals surface area contributed by atoms with Crippen LogP contribution in [0.3, 0.4) is 0 Å². The summed E-state index contributed by atoms with van der Waals surface area (Å²) in [7, 11) is 2.03. The number of nitrogens with zero attached hydrogens (tertiary/aromatic N) is 1. The molecule has 1 aliphatic heterocycles. The van der Waals surface area contributed by atoms with Gasteiger partial charge in [-0.1, -0.05) is 86.6 Å². The lowest BCUT2D eigenvalue weighted by Crippen LogP contribution is -2.24. The molecule has 0 amide bonds. The van der Waals surface area contributed by atoms with E-state index in [9.17, 15) is 4.79 Å². The van der Waals surface area contributed by atoms with Crippen LogP contribution in [-0.2, 0) is 5.41 Å². The second-order valence-electron chi connectivity index (χ2n) is 7.54. The molecule has 27 heavy (non-hydrogen) atoms. The van der Waals surface area contributed by atoms with Crippen LogP contribution < -0.4 is 4.90 Å². The standard InChI is InChI=1S/C25H23NO/c1-25(2)21-11-7-8-12-22(21)26(3)24(25)17-23(27)20-15-13-19(14-16-20)18-9-5-4-6-10-18/h4-17H,1-3H3. The molecule has 0 fully saturated rings. The minimum absolute atomic E-state index is 0.0392. The summed E-state index contributed by atoms with van der Waals surface area (Å²) in [5.74, 6) is 0.0392. The molecule has 1 aliphatic rings. The van der Waals surface area contributed by atoms with Crippen molar-refractivity contribution in [2.45, 2.75) is 19.3 Å². The number of fused-ring (bicyclic) bond motifs is 1. The van der Waals surface area contributed by atoms with Gasteiger partial charge in [-0.2, -0.15) is 0 Å². The van der Waals surface area contributed by atoms with Gasteiger partial charge in [-0.3, -0.25) is 4.79 Å². The van der Waals surface area contributed by atoms with Crippen molar-refractivity contribution in [3.8, 4) is 11.1 Å². The Morgan fingerprint density at radius 1 is 0.815 bits per heavy atom. The van der Waals surface area contributed by atoms with E-state index < -0.39 is 0 Å². The number of para-hydroxylation sites is 1. The summed E-state index contributed by atoms with van der Waals surface area (Å²) in [6, 6.07) is 26.4. The topological polar surface area (TPSA) is 20.3 Å². The summed E-state index contributed by atoms with van der Waals surface area (Å²) >= 11 is 0. The fourth-order valence-electron chi connectivity index (χ4n) is 3.92. The maximum Gasteiger partial charge on any atom is 0.187 e. The van der Waals surface area contributed by atoms with Gasteiger partial charge in [0.15, 0.2) is 5.78 Å². The molecule has 0 saturated heterocycles. The molecule has 3 aromatic carbocycles. The molecule has 0 bridgehead atoms. The number of benzene rings is 3. The molecule has 0 N–H and O–H groups in total. The van der Waals surface area contributed by atoms with Gasteiger partial charge in [0.25, 0.3) is 0 Å². The summed E-state index contributed by atoms with van der Waals surface area (Å²) in [6.45, 7) is 4.35. The lowest BCUT2D eigenvalue weighted by molar-refractivity contribution is 0.104. The highest BCUT2D eigenvalue weighted by Gasteiger charge is 2.38. The summed E-state index contributed by atoms with van der Waals surface area (Å²) < 4.78 is 0. The Bertz CT molecular complexity index is 1010. The average Bonchev–Trinajstić information content (AvgIpc) is 2.90. The normalized spacial score (nSPS) is 16.4. The molecule has 134 valence electrons. The van der Waals surface area contributed by atoms with E-state index in [2.05, 4.69) is 49.1 Å². The number of rotatable bonds is 3. The molecule has 4 rings (SSSR count). The van der Waals surface area contributed by atoms with Gasteiger partial charge >= 0.3 is 0 Å². The number of carbonyl (C=O) groups is 1. The largest absolute Gasteiger partial charge is 0.347 e. The van der Waals surface area contributed by atoms with Crippen molar-refractivity contribution >= 4 is 11.5 Å². The third-order valence-corrected chi connectivity index (χ3v) is 5.48. The molecule has 0 aromatic heterocycles. The first-order valence-electron chi connectivity index (χ1n) is 9.24. The van der Waals surface area contributed by atoms with Crippen molar-refractivity contribution in [1.82, 2.24) is 0 Å². The van der Waals surface area contributed by atoms with Crippen LogP contribution in [0.15, 0.2) is 90.6 Å². The smallest absolute Gasteiger partial charge is 0.187 e. The molecular formula is C25H23NO. The number of hydrogen-bond acceptors (Lipinski definition) is 2. The summed E-state index contributed by atoms with van der Waals surface area (Å²) in [6.07, 6.45) is 1.79. The van der Waals surface area contributed by atoms with Crippen LogP contribution in [-0.4, -0.2) is 12.8 Å². The van der Waals surface area contributed by atoms with E-state index in [1.807, 2.05) is 55.6 Å². The Balaban J connectivity index is 1.64. The number of allylic oxidation sites excluding steroid dienone is 2. The lowest BCUT2D eigenvalue weighted by Gasteiger charge is -2.24. The van der Waals surface area contributed by atoms with Crippen molar-refractivity contribution in [3.63, 3.8) is 0 Å². The minimum atomic E-state index is -0.190. The Hall–Kier alpha value is -3.13. The minimum Gasteiger partial charge on any atom is -0.347 e. The molecule has 0 spiro atoms. The van der Waals surface area contributed by atoms with Crippen LogP contribution in [0.1, 0.15) is 29.8 Å². The van der Waals surface area contributed by atoms with Gasteiger partial charge in [-0.15, -0.1) is 0 Å². The van der Waals surface area contributed by atoms with Crippen LogP contribution in [0.25, 0.3) is 11.1 Å². The van der Waals surface area contributed by atoms with E-state index in [0.29, 0.717) is 5.56 Å². The highest BCUT2D eigenvalue weighted by molar-refractivity contribution is 6.06. The van der Waals surface area contributed by atoms with Crippen molar-refractivity contribution in [1.29, 1.82) is 0 Å². The predicted octanol–water partition coefficient (Wildman–Crippen LogP) is 5.85. The summed E-state index contributed by atoms with van der Waals surface area (Å²) in [5.41, 5.74) is 6.24. The van der Waals surface area contributed by atoms with E-state index in [4.69, 9.17) is 0 Å². The molecule has 2 heteroatoms. The lowest BCUT2D eigenvalue weighted by atomic mass is 9.83. The molecular weight excluding hydrogens is 330 g/mol. The Morgan fingerprint density at radius 2 is 1.41 bits per heavy atom. The zero-order valence-electron chi connectivity index (χ0n) is 15.9. The molecule has 0 unspecified atom stereocenters. The highest BCUT2D eigenvalue weighted by atomic mass is 16.1. The molecule has 2 nitrogen and oxygen atoms in total. The van der Waals surface area contributed by atoms with Gasteiger partial charge in [-0.25, -0.2) is 0 Å². The van der Waals surface area contributed by atoms with E-state index in [1.165, 1.54) is 11.3 Å². The Labute approximate surface area is 160 Å². The third kappa shape index (κ3) is 2.97. The maximum absolute atomic E-state index is 12.9. The van der Waals surface area contributed by atoms with E-state index in [-0.39, 0.29) is 11.2 Å². The average molecular weight is 353 g/mol. The van der Waals surface area contributed by atoms with E-state index in [0.717, 1.165) is 16.8 Å². The monoisotopic (exact) mass is 353 g/mol. The van der Waals surface area contributed by atoms with Crippen LogP contribution in [0.4, 0.5) is 5.69 Å². The Morgan fingerprint density at radius 3 is 2.07 bits per heavy atom. The molecule has 1 heterocycles. The molecule has 3 aromatic rings. The third-order valence-electron chi connectivity index (χ3n) is 5.48. The first-order valence-corrected chi connectivity index (χ1v) is 9.24. The fraction of sp³-hybridized carbons (Fsp3) is 0.160.